The average molecular weight is 262 g/mol. The van der Waals surface area contributed by atoms with Crippen LogP contribution in [0.4, 0.5) is 13.2 Å². The zero-order chi connectivity index (χ0) is 10.3. The molecular weight excluding hydrogens is 258 g/mol. The summed E-state index contributed by atoms with van der Waals surface area (Å²) in [5.41, 5.74) is 0. The number of rotatable bonds is 1. The Balaban J connectivity index is 0.000000671. The summed E-state index contributed by atoms with van der Waals surface area (Å²) in [5.74, 6) is -0.250. The third-order valence-corrected chi connectivity index (χ3v) is 0.912. The van der Waals surface area contributed by atoms with Gasteiger partial charge in [-0.1, -0.05) is 0 Å². The minimum atomic E-state index is -4.62. The van der Waals surface area contributed by atoms with E-state index in [0.29, 0.717) is 0 Å². The van der Waals surface area contributed by atoms with E-state index in [1.54, 1.807) is 0 Å². The number of ether oxygens (including phenoxy) is 1. The molecule has 0 aliphatic rings. The van der Waals surface area contributed by atoms with Gasteiger partial charge < -0.3 is 4.74 Å². The molecule has 0 aliphatic heterocycles. The molecule has 0 spiro atoms. The van der Waals surface area contributed by atoms with Gasteiger partial charge in [-0.15, -0.1) is 25.3 Å². The second-order valence-corrected chi connectivity index (χ2v) is 1.79. The van der Waals surface area contributed by atoms with Crippen molar-refractivity contribution in [3.63, 3.8) is 0 Å². The first-order chi connectivity index (χ1) is 6.08. The third kappa shape index (κ3) is 6.85. The fourth-order valence-corrected chi connectivity index (χ4v) is 0.574. The standard InChI is InChI=1S/C7H4F3O.ClH.Zn/c8-7(9,10)11-6-4-2-1-3-5-6;;/h1-2,4-5H;1H;/q-1;;+2/p-1. The van der Waals surface area contributed by atoms with Gasteiger partial charge in [0.15, 0.2) is 0 Å². The molecule has 0 aliphatic carbocycles. The van der Waals surface area contributed by atoms with Gasteiger partial charge >= 0.3 is 33.4 Å². The molecule has 6 heteroatoms. The fraction of sp³-hybridized carbons (Fsp3) is 0.143. The molecule has 1 aromatic carbocycles. The summed E-state index contributed by atoms with van der Waals surface area (Å²) in [5, 5.41) is 0. The predicted molar refractivity (Wildman–Crippen MR) is 37.8 cm³/mol. The molecule has 0 unspecified atom stereocenters. The van der Waals surface area contributed by atoms with Crippen LogP contribution in [0.2, 0.25) is 0 Å². The number of halogens is 4. The molecule has 68 valence electrons. The maximum atomic E-state index is 11.5. The van der Waals surface area contributed by atoms with E-state index in [9.17, 15) is 13.2 Å². The Hall–Kier alpha value is -0.277. The average Bonchev–Trinajstić information content (AvgIpc) is 2.07. The van der Waals surface area contributed by atoms with E-state index in [1.165, 1.54) is 18.2 Å². The Morgan fingerprint density at radius 2 is 2.00 bits per heavy atom. The van der Waals surface area contributed by atoms with Crippen LogP contribution < -0.4 is 4.74 Å². The predicted octanol–water partition coefficient (Wildman–Crippen LogP) is 3.07. The van der Waals surface area contributed by atoms with Gasteiger partial charge in [-0.2, -0.15) is 18.2 Å². The first kappa shape index (κ1) is 12.7. The van der Waals surface area contributed by atoms with Gasteiger partial charge in [-0.25, -0.2) is 0 Å². The Bertz CT molecular complexity index is 227. The van der Waals surface area contributed by atoms with Gasteiger partial charge in [0.25, 0.3) is 0 Å². The van der Waals surface area contributed by atoms with E-state index in [2.05, 4.69) is 10.8 Å². The first-order valence-electron chi connectivity index (χ1n) is 3.06. The van der Waals surface area contributed by atoms with Crippen molar-refractivity contribution in [3.8, 4) is 5.75 Å². The van der Waals surface area contributed by atoms with E-state index in [-0.39, 0.29) is 5.75 Å². The van der Waals surface area contributed by atoms with E-state index < -0.39 is 6.36 Å². The summed E-state index contributed by atoms with van der Waals surface area (Å²) in [7, 11) is 4.76. The number of hydrogen-bond acceptors (Lipinski definition) is 1. The van der Waals surface area contributed by atoms with Gasteiger partial charge in [0.1, 0.15) is 0 Å². The molecule has 0 bridgehead atoms. The van der Waals surface area contributed by atoms with Crippen molar-refractivity contribution in [2.45, 2.75) is 6.36 Å². The molecule has 0 aromatic heterocycles. The molecular formula is C7H4ClF3OZn. The molecule has 1 aromatic rings. The topological polar surface area (TPSA) is 9.23 Å². The Morgan fingerprint density at radius 1 is 1.38 bits per heavy atom. The van der Waals surface area contributed by atoms with Crippen LogP contribution in [0.25, 0.3) is 0 Å². The maximum absolute atomic E-state index is 11.5. The Labute approximate surface area is 87.6 Å². The number of hydrogen-bond donors (Lipinski definition) is 0. The third-order valence-electron chi connectivity index (χ3n) is 0.912. The molecule has 0 atom stereocenters. The van der Waals surface area contributed by atoms with Crippen LogP contribution in [0.1, 0.15) is 0 Å². The van der Waals surface area contributed by atoms with Gasteiger partial charge in [0.2, 0.25) is 0 Å². The van der Waals surface area contributed by atoms with Crippen LogP contribution in [0.5, 0.6) is 5.75 Å². The quantitative estimate of drug-likeness (QED) is 0.558. The Morgan fingerprint density at radius 3 is 2.38 bits per heavy atom. The normalized spacial score (nSPS) is 10.0. The zero-order valence-electron chi connectivity index (χ0n) is 6.44. The van der Waals surface area contributed by atoms with Crippen molar-refractivity contribution >= 4 is 9.69 Å². The second-order valence-electron chi connectivity index (χ2n) is 1.79. The van der Waals surface area contributed by atoms with Gasteiger partial charge in [0, 0.05) is 5.75 Å². The van der Waals surface area contributed by atoms with Crippen molar-refractivity contribution < 1.29 is 35.2 Å². The van der Waals surface area contributed by atoms with Crippen molar-refractivity contribution in [2.24, 2.45) is 0 Å². The molecule has 1 rings (SSSR count). The monoisotopic (exact) mass is 260 g/mol. The summed E-state index contributed by atoms with van der Waals surface area (Å²) in [6, 6.07) is 7.70. The summed E-state index contributed by atoms with van der Waals surface area (Å²) in [4.78, 5) is 0. The van der Waals surface area contributed by atoms with Gasteiger partial charge in [0.05, 0.1) is 0 Å². The van der Waals surface area contributed by atoms with Crippen LogP contribution in [0.3, 0.4) is 0 Å². The molecule has 0 N–H and O–H groups in total. The van der Waals surface area contributed by atoms with Crippen LogP contribution in [-0.4, -0.2) is 6.36 Å². The fourth-order valence-electron chi connectivity index (χ4n) is 0.574. The summed E-state index contributed by atoms with van der Waals surface area (Å²) >= 11 is 0.847. The number of benzene rings is 1. The Kier molecular flexibility index (Phi) is 6.09. The second kappa shape index (κ2) is 6.22. The molecule has 0 radical (unpaired) electrons. The first-order valence-corrected chi connectivity index (χ1v) is 6.96. The molecule has 0 amide bonds. The van der Waals surface area contributed by atoms with Crippen molar-refractivity contribution in [3.05, 3.63) is 30.3 Å². The van der Waals surface area contributed by atoms with E-state index in [1.807, 2.05) is 0 Å². The summed E-state index contributed by atoms with van der Waals surface area (Å²) < 4.78 is 38.1. The minimum absolute atomic E-state index is 0.250. The van der Waals surface area contributed by atoms with Crippen molar-refractivity contribution in [1.82, 2.24) is 0 Å². The number of alkyl halides is 3. The van der Waals surface area contributed by atoms with Gasteiger partial charge in [-0.3, -0.25) is 0 Å². The molecule has 0 saturated carbocycles. The molecule has 0 heterocycles. The summed E-state index contributed by atoms with van der Waals surface area (Å²) in [6.45, 7) is 0. The van der Waals surface area contributed by atoms with Crippen molar-refractivity contribution in [2.75, 3.05) is 0 Å². The summed E-state index contributed by atoms with van der Waals surface area (Å²) in [6.07, 6.45) is -4.62. The van der Waals surface area contributed by atoms with Crippen LogP contribution in [-0.2, 0) is 17.3 Å². The molecule has 0 fully saturated rings. The van der Waals surface area contributed by atoms with Crippen LogP contribution in [0, 0.1) is 6.07 Å². The molecule has 13 heavy (non-hydrogen) atoms. The van der Waals surface area contributed by atoms with Crippen molar-refractivity contribution in [1.29, 1.82) is 0 Å². The van der Waals surface area contributed by atoms with Crippen LogP contribution >= 0.6 is 9.69 Å². The molecule has 1 nitrogen and oxygen atoms in total. The van der Waals surface area contributed by atoms with E-state index in [0.717, 1.165) is 23.4 Å². The van der Waals surface area contributed by atoms with E-state index in [4.69, 9.17) is 9.69 Å². The SMILES string of the molecule is FC(F)(F)Oc1c[c-]ccc1.[Cl][Zn+]. The van der Waals surface area contributed by atoms with Crippen LogP contribution in [0.15, 0.2) is 24.3 Å². The molecule has 0 saturated heterocycles. The van der Waals surface area contributed by atoms with E-state index >= 15 is 0 Å². The zero-order valence-corrected chi connectivity index (χ0v) is 10.2. The van der Waals surface area contributed by atoms with Gasteiger partial charge in [-0.05, 0) is 0 Å².